The zero-order chi connectivity index (χ0) is 17.5. The van der Waals surface area contributed by atoms with Crippen molar-refractivity contribution >= 4 is 39.3 Å². The van der Waals surface area contributed by atoms with Gasteiger partial charge in [0.2, 0.25) is 11.8 Å². The van der Waals surface area contributed by atoms with Crippen molar-refractivity contribution in [1.82, 2.24) is 10.9 Å². The van der Waals surface area contributed by atoms with E-state index in [2.05, 4.69) is 32.1 Å². The van der Waals surface area contributed by atoms with Gasteiger partial charge in [0.1, 0.15) is 0 Å². The lowest BCUT2D eigenvalue weighted by Crippen LogP contribution is -2.42. The summed E-state index contributed by atoms with van der Waals surface area (Å²) in [5, 5.41) is 2.65. The van der Waals surface area contributed by atoms with Gasteiger partial charge in [-0.15, -0.1) is 0 Å². The van der Waals surface area contributed by atoms with E-state index in [9.17, 15) is 14.4 Å². The summed E-state index contributed by atoms with van der Waals surface area (Å²) in [6.45, 7) is 1.43. The predicted molar refractivity (Wildman–Crippen MR) is 94.2 cm³/mol. The van der Waals surface area contributed by atoms with E-state index in [1.165, 1.54) is 6.92 Å². The Morgan fingerprint density at radius 2 is 1.62 bits per heavy atom. The van der Waals surface area contributed by atoms with Crippen LogP contribution in [0.25, 0.3) is 0 Å². The number of hydrogen-bond acceptors (Lipinski definition) is 3. The highest BCUT2D eigenvalue weighted by Gasteiger charge is 2.10. The molecule has 0 aromatic heterocycles. The van der Waals surface area contributed by atoms with E-state index in [0.29, 0.717) is 15.7 Å². The summed E-state index contributed by atoms with van der Waals surface area (Å²) in [7, 11) is 0. The van der Waals surface area contributed by atoms with Crippen LogP contribution in [0.2, 0.25) is 0 Å². The average molecular weight is 390 g/mol. The molecule has 124 valence electrons. The summed E-state index contributed by atoms with van der Waals surface area (Å²) >= 11 is 3.28. The minimum absolute atomic E-state index is 0.108. The van der Waals surface area contributed by atoms with E-state index in [1.54, 1.807) is 48.5 Å². The molecule has 3 amide bonds. The molecule has 0 atom stereocenters. The predicted octanol–water partition coefficient (Wildman–Crippen LogP) is 2.41. The van der Waals surface area contributed by atoms with Gasteiger partial charge in [0.25, 0.3) is 5.91 Å². The molecule has 0 aliphatic rings. The van der Waals surface area contributed by atoms with Crippen molar-refractivity contribution in [2.24, 2.45) is 0 Å². The number of carbonyl (C=O) groups excluding carboxylic acids is 3. The molecule has 0 aliphatic carbocycles. The molecule has 2 aromatic rings. The van der Waals surface area contributed by atoms with Crippen molar-refractivity contribution in [3.05, 3.63) is 64.1 Å². The van der Waals surface area contributed by atoms with Crippen LogP contribution < -0.4 is 16.2 Å². The smallest absolute Gasteiger partial charge is 0.270 e. The normalized spacial score (nSPS) is 9.92. The number of hydrazine groups is 1. The van der Waals surface area contributed by atoms with Crippen LogP contribution in [-0.4, -0.2) is 17.7 Å². The van der Waals surface area contributed by atoms with Crippen molar-refractivity contribution in [3.8, 4) is 0 Å². The SMILES string of the molecule is CC(=O)Nc1ccc(CC(=O)NNC(=O)c2ccccc2Br)cc1. The Kier molecular flexibility index (Phi) is 6.08. The Morgan fingerprint density at radius 3 is 2.25 bits per heavy atom. The molecule has 0 unspecified atom stereocenters. The lowest BCUT2D eigenvalue weighted by molar-refractivity contribution is -0.121. The highest BCUT2D eigenvalue weighted by atomic mass is 79.9. The van der Waals surface area contributed by atoms with Crippen LogP contribution in [0.5, 0.6) is 0 Å². The number of halogens is 1. The van der Waals surface area contributed by atoms with E-state index in [-0.39, 0.29) is 18.2 Å². The summed E-state index contributed by atoms with van der Waals surface area (Å²) in [6.07, 6.45) is 0.108. The van der Waals surface area contributed by atoms with Gasteiger partial charge in [-0.2, -0.15) is 0 Å². The van der Waals surface area contributed by atoms with Crippen molar-refractivity contribution in [3.63, 3.8) is 0 Å². The quantitative estimate of drug-likeness (QED) is 0.701. The molecule has 0 radical (unpaired) electrons. The van der Waals surface area contributed by atoms with E-state index in [4.69, 9.17) is 0 Å². The summed E-state index contributed by atoms with van der Waals surface area (Å²) < 4.78 is 0.644. The van der Waals surface area contributed by atoms with Gasteiger partial charge in [-0.3, -0.25) is 25.2 Å². The molecule has 0 bridgehead atoms. The second-order valence-corrected chi connectivity index (χ2v) is 5.89. The minimum atomic E-state index is -0.406. The summed E-state index contributed by atoms with van der Waals surface area (Å²) in [5.41, 5.74) is 6.60. The van der Waals surface area contributed by atoms with E-state index in [0.717, 1.165) is 5.56 Å². The van der Waals surface area contributed by atoms with E-state index in [1.807, 2.05) is 0 Å². The lowest BCUT2D eigenvalue weighted by atomic mass is 10.1. The maximum Gasteiger partial charge on any atom is 0.270 e. The molecule has 2 rings (SSSR count). The van der Waals surface area contributed by atoms with Crippen molar-refractivity contribution in [1.29, 1.82) is 0 Å². The summed E-state index contributed by atoms with van der Waals surface area (Å²) in [4.78, 5) is 34.8. The number of benzene rings is 2. The Hall–Kier alpha value is -2.67. The number of nitrogens with one attached hydrogen (secondary N) is 3. The van der Waals surface area contributed by atoms with Gasteiger partial charge in [0, 0.05) is 17.1 Å². The van der Waals surface area contributed by atoms with Crippen LogP contribution in [0, 0.1) is 0 Å². The Labute approximate surface area is 147 Å². The van der Waals surface area contributed by atoms with Gasteiger partial charge >= 0.3 is 0 Å². The highest BCUT2D eigenvalue weighted by molar-refractivity contribution is 9.10. The summed E-state index contributed by atoms with van der Waals surface area (Å²) in [6, 6.07) is 13.8. The summed E-state index contributed by atoms with van der Waals surface area (Å²) in [5.74, 6) is -0.908. The fraction of sp³-hybridized carbons (Fsp3) is 0.118. The maximum absolute atomic E-state index is 12.0. The fourth-order valence-corrected chi connectivity index (χ4v) is 2.44. The molecule has 0 aliphatic heterocycles. The molecule has 0 spiro atoms. The minimum Gasteiger partial charge on any atom is -0.326 e. The number of rotatable bonds is 4. The molecular formula is C17H16BrN3O3. The second-order valence-electron chi connectivity index (χ2n) is 5.04. The first-order chi connectivity index (χ1) is 11.5. The van der Waals surface area contributed by atoms with Crippen LogP contribution in [0.3, 0.4) is 0 Å². The first-order valence-corrected chi connectivity index (χ1v) is 7.95. The molecule has 2 aromatic carbocycles. The van der Waals surface area contributed by atoms with Crippen molar-refractivity contribution in [2.75, 3.05) is 5.32 Å². The number of hydrogen-bond donors (Lipinski definition) is 3. The third-order valence-electron chi connectivity index (χ3n) is 3.07. The number of carbonyl (C=O) groups is 3. The largest absolute Gasteiger partial charge is 0.326 e. The van der Waals surface area contributed by atoms with Crippen LogP contribution in [0.15, 0.2) is 53.0 Å². The molecule has 0 fully saturated rings. The Morgan fingerprint density at radius 1 is 0.958 bits per heavy atom. The lowest BCUT2D eigenvalue weighted by Gasteiger charge is -2.09. The zero-order valence-corrected chi connectivity index (χ0v) is 14.5. The van der Waals surface area contributed by atoms with Gasteiger partial charge in [-0.05, 0) is 45.8 Å². The van der Waals surface area contributed by atoms with Crippen LogP contribution >= 0.6 is 15.9 Å². The number of amides is 3. The first kappa shape index (κ1) is 17.7. The van der Waals surface area contributed by atoms with Gasteiger partial charge in [-0.1, -0.05) is 24.3 Å². The molecule has 3 N–H and O–H groups in total. The fourth-order valence-electron chi connectivity index (χ4n) is 1.98. The van der Waals surface area contributed by atoms with Crippen LogP contribution in [0.4, 0.5) is 5.69 Å². The number of anilines is 1. The molecular weight excluding hydrogens is 374 g/mol. The first-order valence-electron chi connectivity index (χ1n) is 7.16. The molecule has 0 saturated heterocycles. The van der Waals surface area contributed by atoms with Gasteiger partial charge in [-0.25, -0.2) is 0 Å². The zero-order valence-electron chi connectivity index (χ0n) is 12.9. The van der Waals surface area contributed by atoms with Crippen LogP contribution in [0.1, 0.15) is 22.8 Å². The molecule has 7 heteroatoms. The highest BCUT2D eigenvalue weighted by Crippen LogP contribution is 2.15. The van der Waals surface area contributed by atoms with Gasteiger partial charge < -0.3 is 5.32 Å². The van der Waals surface area contributed by atoms with Gasteiger partial charge in [0.15, 0.2) is 0 Å². The molecule has 0 saturated carbocycles. The van der Waals surface area contributed by atoms with Crippen LogP contribution in [-0.2, 0) is 16.0 Å². The van der Waals surface area contributed by atoms with Gasteiger partial charge in [0.05, 0.1) is 12.0 Å². The standard InChI is InChI=1S/C17H16BrN3O3/c1-11(22)19-13-8-6-12(7-9-13)10-16(23)20-21-17(24)14-4-2-3-5-15(14)18/h2-9H,10H2,1H3,(H,19,22)(H,20,23)(H,21,24). The van der Waals surface area contributed by atoms with Crippen molar-refractivity contribution < 1.29 is 14.4 Å². The Bertz CT molecular complexity index is 760. The molecule has 24 heavy (non-hydrogen) atoms. The monoisotopic (exact) mass is 389 g/mol. The third-order valence-corrected chi connectivity index (χ3v) is 3.76. The van der Waals surface area contributed by atoms with Crippen molar-refractivity contribution in [2.45, 2.75) is 13.3 Å². The molecule has 6 nitrogen and oxygen atoms in total. The van der Waals surface area contributed by atoms with E-state index >= 15 is 0 Å². The maximum atomic E-state index is 12.0. The van der Waals surface area contributed by atoms with E-state index < -0.39 is 5.91 Å². The topological polar surface area (TPSA) is 87.3 Å². The Balaban J connectivity index is 1.86. The second kappa shape index (κ2) is 8.26. The third kappa shape index (κ3) is 5.20. The molecule has 0 heterocycles. The average Bonchev–Trinajstić information content (AvgIpc) is 2.54.